The van der Waals surface area contributed by atoms with E-state index >= 15 is 0 Å². The van der Waals surface area contributed by atoms with Crippen molar-refractivity contribution < 1.29 is 18.8 Å². The van der Waals surface area contributed by atoms with E-state index in [0.717, 1.165) is 5.56 Å². The van der Waals surface area contributed by atoms with E-state index in [1.165, 1.54) is 0 Å². The molecule has 0 bridgehead atoms. The van der Waals surface area contributed by atoms with Crippen molar-refractivity contribution in [3.8, 4) is 11.5 Å². The molecule has 148 valence electrons. The Morgan fingerprint density at radius 3 is 2.44 bits per heavy atom. The molecule has 1 amide bonds. The van der Waals surface area contributed by atoms with Gasteiger partial charge in [-0.05, 0) is 38.7 Å². The topological polar surface area (TPSA) is 76.8 Å². The molecule has 0 fully saturated rings. The van der Waals surface area contributed by atoms with Crippen molar-refractivity contribution in [3.63, 3.8) is 0 Å². The van der Waals surface area contributed by atoms with E-state index in [0.29, 0.717) is 35.1 Å². The SMILES string of the molecule is COc1ccc(C(CNC(=O)c2c(C)noc2C(C)C)N(C)C)cc1OC. The third-order valence-corrected chi connectivity index (χ3v) is 4.51. The predicted molar refractivity (Wildman–Crippen MR) is 104 cm³/mol. The van der Waals surface area contributed by atoms with E-state index < -0.39 is 0 Å². The van der Waals surface area contributed by atoms with Crippen molar-refractivity contribution in [2.24, 2.45) is 0 Å². The highest BCUT2D eigenvalue weighted by molar-refractivity contribution is 5.96. The number of methoxy groups -OCH3 is 2. The molecule has 0 saturated carbocycles. The Morgan fingerprint density at radius 2 is 1.89 bits per heavy atom. The quantitative estimate of drug-likeness (QED) is 0.764. The van der Waals surface area contributed by atoms with Gasteiger partial charge in [0.2, 0.25) is 0 Å². The maximum Gasteiger partial charge on any atom is 0.256 e. The fraction of sp³-hybridized carbons (Fsp3) is 0.500. The van der Waals surface area contributed by atoms with Crippen LogP contribution in [0.3, 0.4) is 0 Å². The largest absolute Gasteiger partial charge is 0.493 e. The average Bonchev–Trinajstić information content (AvgIpc) is 3.03. The lowest BCUT2D eigenvalue weighted by Crippen LogP contribution is -2.35. The molecule has 1 N–H and O–H groups in total. The number of hydrogen-bond donors (Lipinski definition) is 1. The molecule has 1 unspecified atom stereocenters. The molecule has 1 aromatic carbocycles. The summed E-state index contributed by atoms with van der Waals surface area (Å²) in [5.41, 5.74) is 2.14. The van der Waals surface area contributed by atoms with Crippen LogP contribution in [0.1, 0.15) is 53.2 Å². The highest BCUT2D eigenvalue weighted by atomic mass is 16.5. The molecule has 0 saturated heterocycles. The molecule has 0 aliphatic carbocycles. The second kappa shape index (κ2) is 8.90. The summed E-state index contributed by atoms with van der Waals surface area (Å²) in [6, 6.07) is 5.74. The highest BCUT2D eigenvalue weighted by Gasteiger charge is 2.24. The molecule has 0 aliphatic rings. The first kappa shape index (κ1) is 20.8. The van der Waals surface area contributed by atoms with Gasteiger partial charge in [0.15, 0.2) is 17.3 Å². The minimum absolute atomic E-state index is 0.0311. The number of likely N-dealkylation sites (N-methyl/N-ethyl adjacent to an activating group) is 1. The van der Waals surface area contributed by atoms with E-state index in [-0.39, 0.29) is 17.9 Å². The number of benzene rings is 1. The Hall–Kier alpha value is -2.54. The Balaban J connectivity index is 2.21. The first-order valence-electron chi connectivity index (χ1n) is 8.92. The van der Waals surface area contributed by atoms with Gasteiger partial charge in [-0.1, -0.05) is 25.1 Å². The lowest BCUT2D eigenvalue weighted by atomic mass is 10.0. The van der Waals surface area contributed by atoms with E-state index in [2.05, 4.69) is 10.5 Å². The first-order valence-corrected chi connectivity index (χ1v) is 8.92. The van der Waals surface area contributed by atoms with E-state index in [9.17, 15) is 4.79 Å². The number of rotatable bonds is 8. The minimum Gasteiger partial charge on any atom is -0.493 e. The molecule has 1 atom stereocenters. The van der Waals surface area contributed by atoms with Crippen LogP contribution >= 0.6 is 0 Å². The van der Waals surface area contributed by atoms with E-state index in [4.69, 9.17) is 14.0 Å². The fourth-order valence-electron chi connectivity index (χ4n) is 2.99. The van der Waals surface area contributed by atoms with Crippen LogP contribution < -0.4 is 14.8 Å². The monoisotopic (exact) mass is 375 g/mol. The zero-order chi connectivity index (χ0) is 20.1. The maximum absolute atomic E-state index is 12.8. The molecule has 27 heavy (non-hydrogen) atoms. The molecule has 2 rings (SSSR count). The Morgan fingerprint density at radius 1 is 1.22 bits per heavy atom. The third kappa shape index (κ3) is 4.60. The van der Waals surface area contributed by atoms with Gasteiger partial charge >= 0.3 is 0 Å². The molecular weight excluding hydrogens is 346 g/mol. The summed E-state index contributed by atoms with van der Waals surface area (Å²) in [7, 11) is 7.15. The maximum atomic E-state index is 12.8. The van der Waals surface area contributed by atoms with E-state index in [1.807, 2.05) is 51.0 Å². The molecule has 1 aromatic heterocycles. The van der Waals surface area contributed by atoms with Crippen molar-refractivity contribution in [3.05, 3.63) is 40.8 Å². The van der Waals surface area contributed by atoms with Gasteiger partial charge in [0, 0.05) is 12.5 Å². The number of nitrogens with zero attached hydrogens (tertiary/aromatic N) is 2. The smallest absolute Gasteiger partial charge is 0.256 e. The number of ether oxygens (including phenoxy) is 2. The van der Waals surface area contributed by atoms with Crippen LogP contribution in [0.4, 0.5) is 0 Å². The Labute approximate surface area is 160 Å². The van der Waals surface area contributed by atoms with Crippen LogP contribution in [0, 0.1) is 6.92 Å². The summed E-state index contributed by atoms with van der Waals surface area (Å²) in [6.07, 6.45) is 0. The standard InChI is InChI=1S/C20H29N3O4/c1-12(2)19-18(13(3)22-27-19)20(24)21-11-15(23(4)5)14-8-9-16(25-6)17(10-14)26-7/h8-10,12,15H,11H2,1-7H3,(H,21,24). The van der Waals surface area contributed by atoms with Crippen LogP contribution in [0.15, 0.2) is 22.7 Å². The fourth-order valence-corrected chi connectivity index (χ4v) is 2.99. The zero-order valence-corrected chi connectivity index (χ0v) is 17.1. The molecule has 7 heteroatoms. The molecule has 0 radical (unpaired) electrons. The summed E-state index contributed by atoms with van der Waals surface area (Å²) in [6.45, 7) is 6.16. The first-order chi connectivity index (χ1) is 12.8. The number of carbonyl (C=O) groups is 1. The van der Waals surface area contributed by atoms with Gasteiger partial charge in [-0.3, -0.25) is 4.79 Å². The van der Waals surface area contributed by atoms with Crippen molar-refractivity contribution >= 4 is 5.91 Å². The number of carbonyl (C=O) groups excluding carboxylic acids is 1. The lowest BCUT2D eigenvalue weighted by Gasteiger charge is -2.26. The molecular formula is C20H29N3O4. The summed E-state index contributed by atoms with van der Waals surface area (Å²) in [4.78, 5) is 14.8. The molecule has 7 nitrogen and oxygen atoms in total. The molecule has 0 spiro atoms. The van der Waals surface area contributed by atoms with Crippen LogP contribution in [0.25, 0.3) is 0 Å². The Kier molecular flexibility index (Phi) is 6.85. The van der Waals surface area contributed by atoms with Crippen LogP contribution in [-0.4, -0.2) is 50.8 Å². The van der Waals surface area contributed by atoms with Gasteiger partial charge in [-0.2, -0.15) is 0 Å². The summed E-state index contributed by atoms with van der Waals surface area (Å²) in [5, 5.41) is 6.96. The normalized spacial score (nSPS) is 12.3. The number of aromatic nitrogens is 1. The zero-order valence-electron chi connectivity index (χ0n) is 17.1. The molecule has 2 aromatic rings. The van der Waals surface area contributed by atoms with E-state index in [1.54, 1.807) is 21.1 Å². The van der Waals surface area contributed by atoms with Crippen molar-refractivity contribution in [2.45, 2.75) is 32.7 Å². The van der Waals surface area contributed by atoms with Gasteiger partial charge in [0.1, 0.15) is 5.56 Å². The highest BCUT2D eigenvalue weighted by Crippen LogP contribution is 2.31. The lowest BCUT2D eigenvalue weighted by molar-refractivity contribution is 0.0939. The van der Waals surface area contributed by atoms with Crippen molar-refractivity contribution in [1.29, 1.82) is 0 Å². The third-order valence-electron chi connectivity index (χ3n) is 4.51. The second-order valence-electron chi connectivity index (χ2n) is 6.97. The van der Waals surface area contributed by atoms with Gasteiger partial charge in [-0.25, -0.2) is 0 Å². The van der Waals surface area contributed by atoms with Crippen LogP contribution in [-0.2, 0) is 0 Å². The summed E-state index contributed by atoms with van der Waals surface area (Å²) >= 11 is 0. The van der Waals surface area contributed by atoms with Crippen LogP contribution in [0.5, 0.6) is 11.5 Å². The second-order valence-corrected chi connectivity index (χ2v) is 6.97. The van der Waals surface area contributed by atoms with Crippen LogP contribution in [0.2, 0.25) is 0 Å². The number of aryl methyl sites for hydroxylation is 1. The average molecular weight is 375 g/mol. The Bertz CT molecular complexity index is 784. The summed E-state index contributed by atoms with van der Waals surface area (Å²) in [5.74, 6) is 1.85. The van der Waals surface area contributed by atoms with Crippen molar-refractivity contribution in [1.82, 2.24) is 15.4 Å². The number of hydrogen-bond acceptors (Lipinski definition) is 6. The number of nitrogens with one attached hydrogen (secondary N) is 1. The predicted octanol–water partition coefficient (Wildman–Crippen LogP) is 3.16. The van der Waals surface area contributed by atoms with Gasteiger partial charge < -0.3 is 24.2 Å². The van der Waals surface area contributed by atoms with Gasteiger partial charge in [0.25, 0.3) is 5.91 Å². The summed E-state index contributed by atoms with van der Waals surface area (Å²) < 4.78 is 16.0. The van der Waals surface area contributed by atoms with Gasteiger partial charge in [-0.15, -0.1) is 0 Å². The number of amides is 1. The molecule has 1 heterocycles. The minimum atomic E-state index is -0.176. The van der Waals surface area contributed by atoms with Gasteiger partial charge in [0.05, 0.1) is 26.0 Å². The van der Waals surface area contributed by atoms with Crippen molar-refractivity contribution in [2.75, 3.05) is 34.9 Å². The molecule has 0 aliphatic heterocycles.